The molecule has 2 aromatic rings. The van der Waals surface area contributed by atoms with Crippen molar-refractivity contribution in [2.75, 3.05) is 24.6 Å². The van der Waals surface area contributed by atoms with Crippen molar-refractivity contribution in [2.45, 2.75) is 50.2 Å². The minimum absolute atomic E-state index is 0.0576. The first-order chi connectivity index (χ1) is 17.5. The van der Waals surface area contributed by atoms with E-state index >= 15 is 4.11 Å². The van der Waals surface area contributed by atoms with E-state index in [1.807, 2.05) is 55.5 Å². The molecule has 6 nitrogen and oxygen atoms in total. The summed E-state index contributed by atoms with van der Waals surface area (Å²) in [5, 5.41) is 9.63. The van der Waals surface area contributed by atoms with Crippen LogP contribution in [0.5, 0.6) is 0 Å². The first-order valence-corrected chi connectivity index (χ1v) is 16.6. The zero-order valence-corrected chi connectivity index (χ0v) is 24.7. The fourth-order valence-corrected chi connectivity index (χ4v) is 9.03. The minimum atomic E-state index is -3.38. The van der Waals surface area contributed by atoms with Gasteiger partial charge in [0, 0.05) is 40.2 Å². The number of carbonyl (C=O) groups excluding carboxylic acids is 2. The Labute approximate surface area is 232 Å². The van der Waals surface area contributed by atoms with Gasteiger partial charge in [0.1, 0.15) is 0 Å². The lowest BCUT2D eigenvalue weighted by Crippen LogP contribution is -2.45. The van der Waals surface area contributed by atoms with Crippen LogP contribution in [0.15, 0.2) is 61.2 Å². The van der Waals surface area contributed by atoms with Gasteiger partial charge < -0.3 is 23.8 Å². The van der Waals surface area contributed by atoms with Crippen molar-refractivity contribution in [1.29, 1.82) is 0 Å². The number of rotatable bonds is 9. The Morgan fingerprint density at radius 3 is 2.62 bits per heavy atom. The van der Waals surface area contributed by atoms with E-state index in [0.29, 0.717) is 13.1 Å². The van der Waals surface area contributed by atoms with E-state index in [1.165, 1.54) is 0 Å². The first kappa shape index (κ1) is 27.9. The van der Waals surface area contributed by atoms with E-state index in [-0.39, 0.29) is 31.4 Å². The van der Waals surface area contributed by atoms with Gasteiger partial charge in [-0.2, -0.15) is 0 Å². The van der Waals surface area contributed by atoms with Crippen molar-refractivity contribution in [1.82, 2.24) is 4.90 Å². The molecule has 0 unspecified atom stereocenters. The average molecular weight is 637 g/mol. The molecule has 2 aliphatic heterocycles. The molecule has 1 spiro atoms. The van der Waals surface area contributed by atoms with Crippen LogP contribution in [0.3, 0.4) is 0 Å². The standard InChI is InChI=1S/C28H34FIN2O4Si/c1-5-13-32-23-12-11-21(30)16-22(23)28(27(32)35)19(2)26(37(3,4)29)24(36-28)17-25(34)31(14-15-33)18-20-9-7-6-8-10-20/h5-12,16,19,24,26,33H,1,13-15,17-18H2,2-4H3/t19-,24+,26-,28+/m0/s1. The second-order valence-electron chi connectivity index (χ2n) is 10.4. The zero-order valence-electron chi connectivity index (χ0n) is 21.5. The Hall–Kier alpha value is -2.08. The van der Waals surface area contributed by atoms with Crippen LogP contribution < -0.4 is 4.90 Å². The van der Waals surface area contributed by atoms with Crippen molar-refractivity contribution >= 4 is 48.5 Å². The molecular formula is C28H34FIN2O4Si. The van der Waals surface area contributed by atoms with Crippen LogP contribution in [0.1, 0.15) is 24.5 Å². The normalized spacial score (nSPS) is 25.0. The number of hydrogen-bond acceptors (Lipinski definition) is 4. The van der Waals surface area contributed by atoms with E-state index in [2.05, 4.69) is 29.2 Å². The smallest absolute Gasteiger partial charge is 0.264 e. The highest BCUT2D eigenvalue weighted by Gasteiger charge is 2.66. The maximum atomic E-state index is 16.0. The third kappa shape index (κ3) is 5.15. The van der Waals surface area contributed by atoms with Crippen LogP contribution in [0, 0.1) is 9.49 Å². The van der Waals surface area contributed by atoms with E-state index in [1.54, 1.807) is 29.0 Å². The van der Waals surface area contributed by atoms with Crippen LogP contribution in [0.2, 0.25) is 18.6 Å². The summed E-state index contributed by atoms with van der Waals surface area (Å²) in [6.07, 6.45) is 0.850. The van der Waals surface area contributed by atoms with E-state index in [0.717, 1.165) is 20.4 Å². The third-order valence-electron chi connectivity index (χ3n) is 7.55. The number of hydrogen-bond donors (Lipinski definition) is 1. The third-order valence-corrected chi connectivity index (χ3v) is 10.7. The molecule has 0 radical (unpaired) electrons. The Kier molecular flexibility index (Phi) is 8.27. The molecule has 0 aromatic heterocycles. The van der Waals surface area contributed by atoms with Gasteiger partial charge >= 0.3 is 0 Å². The highest BCUT2D eigenvalue weighted by atomic mass is 127. The predicted molar refractivity (Wildman–Crippen MR) is 153 cm³/mol. The lowest BCUT2D eigenvalue weighted by Gasteiger charge is -2.31. The molecule has 1 fully saturated rings. The van der Waals surface area contributed by atoms with Gasteiger partial charge in [0.05, 0.1) is 24.8 Å². The largest absolute Gasteiger partial charge is 0.395 e. The van der Waals surface area contributed by atoms with Gasteiger partial charge in [-0.25, -0.2) is 0 Å². The lowest BCUT2D eigenvalue weighted by molar-refractivity contribution is -0.149. The maximum Gasteiger partial charge on any atom is 0.264 e. The molecule has 2 aromatic carbocycles. The van der Waals surface area contributed by atoms with Crippen LogP contribution in [-0.2, 0) is 26.5 Å². The first-order valence-electron chi connectivity index (χ1n) is 12.6. The van der Waals surface area contributed by atoms with Crippen molar-refractivity contribution in [3.63, 3.8) is 0 Å². The van der Waals surface area contributed by atoms with Gasteiger partial charge in [0.25, 0.3) is 5.91 Å². The molecule has 0 aliphatic carbocycles. The van der Waals surface area contributed by atoms with Gasteiger partial charge in [-0.1, -0.05) is 43.3 Å². The van der Waals surface area contributed by atoms with Gasteiger partial charge in [-0.15, -0.1) is 6.58 Å². The summed E-state index contributed by atoms with van der Waals surface area (Å²) in [6.45, 7) is 9.57. The predicted octanol–water partition coefficient (Wildman–Crippen LogP) is 5.01. The van der Waals surface area contributed by atoms with Gasteiger partial charge in [0.2, 0.25) is 14.3 Å². The van der Waals surface area contributed by atoms with Crippen LogP contribution in [-0.4, -0.2) is 56.0 Å². The van der Waals surface area contributed by atoms with Gasteiger partial charge in [-0.05, 0) is 59.4 Å². The van der Waals surface area contributed by atoms with Crippen LogP contribution in [0.4, 0.5) is 9.80 Å². The molecule has 0 saturated carbocycles. The van der Waals surface area contributed by atoms with Crippen molar-refractivity contribution < 1.29 is 23.5 Å². The maximum absolute atomic E-state index is 16.0. The Bertz CT molecular complexity index is 1170. The Morgan fingerprint density at radius 2 is 2.00 bits per heavy atom. The second-order valence-corrected chi connectivity index (χ2v) is 15.4. The molecule has 2 aliphatic rings. The molecule has 1 N–H and O–H groups in total. The molecule has 0 bridgehead atoms. The second kappa shape index (κ2) is 11.0. The summed E-state index contributed by atoms with van der Waals surface area (Å²) < 4.78 is 23.5. The lowest BCUT2D eigenvalue weighted by atomic mass is 9.82. The fraction of sp³-hybridized carbons (Fsp3) is 0.429. The highest BCUT2D eigenvalue weighted by molar-refractivity contribution is 14.1. The topological polar surface area (TPSA) is 70.1 Å². The van der Waals surface area contributed by atoms with Crippen molar-refractivity contribution in [3.05, 3.63) is 75.9 Å². The molecule has 198 valence electrons. The molecule has 37 heavy (non-hydrogen) atoms. The monoisotopic (exact) mass is 636 g/mol. The number of nitrogens with zero attached hydrogens (tertiary/aromatic N) is 2. The number of ether oxygens (including phenoxy) is 1. The minimum Gasteiger partial charge on any atom is -0.395 e. The zero-order chi connectivity index (χ0) is 27.0. The number of benzene rings is 2. The summed E-state index contributed by atoms with van der Waals surface area (Å²) in [7, 11) is -3.38. The molecule has 2 amide bonds. The quantitative estimate of drug-likeness (QED) is 0.182. The number of anilines is 1. The van der Waals surface area contributed by atoms with Crippen LogP contribution >= 0.6 is 22.6 Å². The number of fused-ring (bicyclic) bond motifs is 2. The summed E-state index contributed by atoms with van der Waals surface area (Å²) >= 11 is 2.21. The van der Waals surface area contributed by atoms with Crippen molar-refractivity contribution in [2.24, 2.45) is 5.92 Å². The summed E-state index contributed by atoms with van der Waals surface area (Å²) in [5.74, 6) is -0.921. The molecule has 2 heterocycles. The Morgan fingerprint density at radius 1 is 1.30 bits per heavy atom. The summed E-state index contributed by atoms with van der Waals surface area (Å²) in [4.78, 5) is 30.8. The van der Waals surface area contributed by atoms with E-state index in [9.17, 15) is 14.7 Å². The number of halogens is 2. The Balaban J connectivity index is 1.70. The summed E-state index contributed by atoms with van der Waals surface area (Å²) in [5.41, 5.74) is 0.489. The fourth-order valence-electron chi connectivity index (χ4n) is 6.05. The van der Waals surface area contributed by atoms with E-state index < -0.39 is 31.6 Å². The molecule has 1 saturated heterocycles. The molecule has 4 rings (SSSR count). The van der Waals surface area contributed by atoms with Crippen molar-refractivity contribution in [3.8, 4) is 0 Å². The number of amides is 2. The molecule has 9 heteroatoms. The number of carbonyl (C=O) groups is 2. The van der Waals surface area contributed by atoms with Gasteiger partial charge in [0.15, 0.2) is 5.60 Å². The number of aliphatic hydroxyl groups is 1. The highest BCUT2D eigenvalue weighted by Crippen LogP contribution is 2.60. The average Bonchev–Trinajstić information content (AvgIpc) is 3.26. The van der Waals surface area contributed by atoms with Crippen LogP contribution in [0.25, 0.3) is 0 Å². The summed E-state index contributed by atoms with van der Waals surface area (Å²) in [6, 6.07) is 15.3. The SMILES string of the molecule is C=CCN1C(=O)[C@]2(O[C@H](CC(=O)N(CCO)Cc3ccccc3)[C@@H]([Si](C)(C)F)[C@@H]2C)c2cc(I)ccc21. The number of aliphatic hydroxyl groups excluding tert-OH is 1. The van der Waals surface area contributed by atoms with Gasteiger partial charge in [-0.3, -0.25) is 9.59 Å². The van der Waals surface area contributed by atoms with E-state index in [4.69, 9.17) is 4.74 Å². The molecular weight excluding hydrogens is 602 g/mol. The molecule has 4 atom stereocenters.